The summed E-state index contributed by atoms with van der Waals surface area (Å²) in [6.45, 7) is 3.99. The van der Waals surface area contributed by atoms with E-state index in [4.69, 9.17) is 4.74 Å². The summed E-state index contributed by atoms with van der Waals surface area (Å²) in [5.74, 6) is 0. The molecule has 1 unspecified atom stereocenters. The molecule has 0 aromatic carbocycles. The van der Waals surface area contributed by atoms with Crippen LogP contribution in [0.25, 0.3) is 0 Å². The van der Waals surface area contributed by atoms with Gasteiger partial charge in [-0.2, -0.15) is 0 Å². The fourth-order valence-corrected chi connectivity index (χ4v) is 2.48. The van der Waals surface area contributed by atoms with E-state index in [2.05, 4.69) is 17.2 Å². The Morgan fingerprint density at radius 2 is 2.38 bits per heavy atom. The van der Waals surface area contributed by atoms with Crippen molar-refractivity contribution in [3.63, 3.8) is 0 Å². The summed E-state index contributed by atoms with van der Waals surface area (Å²) in [4.78, 5) is 4.25. The molecule has 2 heterocycles. The molecule has 1 aliphatic rings. The van der Waals surface area contributed by atoms with Crippen LogP contribution < -0.4 is 5.32 Å². The maximum Gasteiger partial charge on any atom is 0.109 e. The van der Waals surface area contributed by atoms with E-state index < -0.39 is 5.60 Å². The van der Waals surface area contributed by atoms with Crippen LogP contribution >= 0.6 is 11.3 Å². The fraction of sp³-hybridized carbons (Fsp3) is 0.727. The molecular formula is C11H18N2O2S. The highest BCUT2D eigenvalue weighted by atomic mass is 32.1. The first-order valence-corrected chi connectivity index (χ1v) is 6.50. The summed E-state index contributed by atoms with van der Waals surface area (Å²) in [7, 11) is 0. The molecular weight excluding hydrogens is 224 g/mol. The van der Waals surface area contributed by atoms with Gasteiger partial charge in [0.25, 0.3) is 0 Å². The number of ether oxygens (including phenoxy) is 1. The molecule has 2 rings (SSSR count). The van der Waals surface area contributed by atoms with Crippen molar-refractivity contribution in [1.29, 1.82) is 0 Å². The summed E-state index contributed by atoms with van der Waals surface area (Å²) < 4.78 is 5.25. The van der Waals surface area contributed by atoms with Gasteiger partial charge in [-0.15, -0.1) is 11.3 Å². The average Bonchev–Trinajstić information content (AvgIpc) is 2.80. The average molecular weight is 242 g/mol. The highest BCUT2D eigenvalue weighted by Crippen LogP contribution is 2.21. The Morgan fingerprint density at radius 3 is 3.00 bits per heavy atom. The molecule has 1 fully saturated rings. The van der Waals surface area contributed by atoms with Gasteiger partial charge in [-0.3, -0.25) is 0 Å². The maximum absolute atomic E-state index is 10.3. The van der Waals surface area contributed by atoms with Gasteiger partial charge in [-0.1, -0.05) is 0 Å². The van der Waals surface area contributed by atoms with E-state index in [0.29, 0.717) is 32.6 Å². The molecule has 0 saturated carbocycles. The Balaban J connectivity index is 1.82. The number of nitrogens with zero attached hydrogens (tertiary/aromatic N) is 1. The first-order valence-electron chi connectivity index (χ1n) is 5.62. The minimum Gasteiger partial charge on any atom is -0.388 e. The molecule has 5 heteroatoms. The zero-order chi connectivity index (χ0) is 11.4. The van der Waals surface area contributed by atoms with Crippen LogP contribution in [0.15, 0.2) is 11.6 Å². The van der Waals surface area contributed by atoms with Gasteiger partial charge in [0.15, 0.2) is 0 Å². The molecule has 1 aromatic heterocycles. The molecule has 16 heavy (non-hydrogen) atoms. The first kappa shape index (κ1) is 12.0. The number of hydrogen-bond donors (Lipinski definition) is 2. The van der Waals surface area contributed by atoms with Crippen LogP contribution in [0.1, 0.15) is 30.8 Å². The second-order valence-electron chi connectivity index (χ2n) is 4.31. The van der Waals surface area contributed by atoms with Crippen molar-refractivity contribution in [1.82, 2.24) is 10.3 Å². The van der Waals surface area contributed by atoms with E-state index in [-0.39, 0.29) is 6.04 Å². The molecule has 0 aliphatic carbocycles. The van der Waals surface area contributed by atoms with Crippen molar-refractivity contribution in [2.45, 2.75) is 31.4 Å². The number of rotatable bonds is 4. The van der Waals surface area contributed by atoms with Gasteiger partial charge in [-0.05, 0) is 6.92 Å². The van der Waals surface area contributed by atoms with Gasteiger partial charge >= 0.3 is 0 Å². The van der Waals surface area contributed by atoms with Crippen molar-refractivity contribution in [3.8, 4) is 0 Å². The third kappa shape index (κ3) is 3.01. The topological polar surface area (TPSA) is 54.4 Å². The first-order chi connectivity index (χ1) is 7.70. The zero-order valence-corrected chi connectivity index (χ0v) is 10.3. The molecule has 1 atom stereocenters. The molecule has 1 aromatic rings. The van der Waals surface area contributed by atoms with Crippen LogP contribution in [0.4, 0.5) is 0 Å². The Bertz CT molecular complexity index is 310. The van der Waals surface area contributed by atoms with E-state index in [1.165, 1.54) is 0 Å². The SMILES string of the molecule is CC(NCC1(O)CCOCC1)c1nccs1. The molecule has 1 saturated heterocycles. The Hall–Kier alpha value is -0.490. The zero-order valence-electron chi connectivity index (χ0n) is 9.48. The van der Waals surface area contributed by atoms with E-state index >= 15 is 0 Å². The van der Waals surface area contributed by atoms with Crippen LogP contribution in [0, 0.1) is 0 Å². The lowest BCUT2D eigenvalue weighted by Crippen LogP contribution is -2.45. The lowest BCUT2D eigenvalue weighted by atomic mass is 9.94. The summed E-state index contributed by atoms with van der Waals surface area (Å²) in [5, 5.41) is 16.6. The summed E-state index contributed by atoms with van der Waals surface area (Å²) in [6, 6.07) is 0.201. The number of thiazole rings is 1. The molecule has 1 aliphatic heterocycles. The Morgan fingerprint density at radius 1 is 1.62 bits per heavy atom. The third-order valence-electron chi connectivity index (χ3n) is 2.98. The molecule has 2 N–H and O–H groups in total. The van der Waals surface area contributed by atoms with Gasteiger partial charge in [-0.25, -0.2) is 4.98 Å². The van der Waals surface area contributed by atoms with Crippen molar-refractivity contribution < 1.29 is 9.84 Å². The van der Waals surface area contributed by atoms with Crippen LogP contribution in [0.2, 0.25) is 0 Å². The lowest BCUT2D eigenvalue weighted by Gasteiger charge is -2.33. The number of nitrogens with one attached hydrogen (secondary N) is 1. The van der Waals surface area contributed by atoms with Crippen molar-refractivity contribution in [2.24, 2.45) is 0 Å². The summed E-state index contributed by atoms with van der Waals surface area (Å²) in [5.41, 5.74) is -0.607. The monoisotopic (exact) mass is 242 g/mol. The lowest BCUT2D eigenvalue weighted by molar-refractivity contribution is -0.0626. The number of aromatic nitrogens is 1. The van der Waals surface area contributed by atoms with Crippen molar-refractivity contribution >= 4 is 11.3 Å². The quantitative estimate of drug-likeness (QED) is 0.836. The minimum absolute atomic E-state index is 0.201. The van der Waals surface area contributed by atoms with Gasteiger partial charge in [0.1, 0.15) is 5.01 Å². The third-order valence-corrected chi connectivity index (χ3v) is 3.94. The van der Waals surface area contributed by atoms with E-state index in [1.54, 1.807) is 17.5 Å². The number of hydrogen-bond acceptors (Lipinski definition) is 5. The van der Waals surface area contributed by atoms with Crippen LogP contribution in [0.3, 0.4) is 0 Å². The normalized spacial score (nSPS) is 21.9. The smallest absolute Gasteiger partial charge is 0.109 e. The second-order valence-corrected chi connectivity index (χ2v) is 5.24. The van der Waals surface area contributed by atoms with Crippen LogP contribution in [0.5, 0.6) is 0 Å². The van der Waals surface area contributed by atoms with Crippen LogP contribution in [-0.2, 0) is 4.74 Å². The molecule has 0 bridgehead atoms. The van der Waals surface area contributed by atoms with Crippen molar-refractivity contribution in [3.05, 3.63) is 16.6 Å². The fourth-order valence-electron chi connectivity index (χ4n) is 1.81. The standard InChI is InChI=1S/C11H18N2O2S/c1-9(10-12-4-7-16-10)13-8-11(14)2-5-15-6-3-11/h4,7,9,13-14H,2-3,5-6,8H2,1H3. The Kier molecular flexibility index (Phi) is 3.91. The summed E-state index contributed by atoms with van der Waals surface area (Å²) in [6.07, 6.45) is 3.23. The van der Waals surface area contributed by atoms with E-state index in [9.17, 15) is 5.11 Å². The molecule has 90 valence electrons. The predicted octanol–water partition coefficient (Wildman–Crippen LogP) is 1.34. The summed E-state index contributed by atoms with van der Waals surface area (Å²) >= 11 is 1.64. The van der Waals surface area contributed by atoms with Gasteiger partial charge in [0.2, 0.25) is 0 Å². The van der Waals surface area contributed by atoms with Gasteiger partial charge in [0, 0.05) is 44.2 Å². The highest BCUT2D eigenvalue weighted by Gasteiger charge is 2.30. The van der Waals surface area contributed by atoms with Gasteiger partial charge < -0.3 is 15.2 Å². The van der Waals surface area contributed by atoms with Crippen molar-refractivity contribution in [2.75, 3.05) is 19.8 Å². The van der Waals surface area contributed by atoms with Gasteiger partial charge in [0.05, 0.1) is 11.6 Å². The number of aliphatic hydroxyl groups is 1. The van der Waals surface area contributed by atoms with E-state index in [0.717, 1.165) is 5.01 Å². The van der Waals surface area contributed by atoms with Crippen LogP contribution in [-0.4, -0.2) is 35.5 Å². The largest absolute Gasteiger partial charge is 0.388 e. The molecule has 0 amide bonds. The maximum atomic E-state index is 10.3. The minimum atomic E-state index is -0.607. The molecule has 0 radical (unpaired) electrons. The molecule has 4 nitrogen and oxygen atoms in total. The second kappa shape index (κ2) is 5.23. The molecule has 0 spiro atoms. The predicted molar refractivity (Wildman–Crippen MR) is 63.5 cm³/mol. The van der Waals surface area contributed by atoms with E-state index in [1.807, 2.05) is 5.38 Å². The Labute approximate surface area is 99.7 Å². The highest BCUT2D eigenvalue weighted by molar-refractivity contribution is 7.09.